The smallest absolute Gasteiger partial charge is 0.335 e. The van der Waals surface area contributed by atoms with Crippen molar-refractivity contribution in [2.45, 2.75) is 20.4 Å². The second-order valence-electron chi connectivity index (χ2n) is 6.28. The summed E-state index contributed by atoms with van der Waals surface area (Å²) in [6, 6.07) is 5.08. The van der Waals surface area contributed by atoms with Gasteiger partial charge in [0, 0.05) is 13.1 Å². The van der Waals surface area contributed by atoms with Crippen LogP contribution >= 0.6 is 0 Å². The van der Waals surface area contributed by atoms with Gasteiger partial charge in [0.25, 0.3) is 0 Å². The van der Waals surface area contributed by atoms with E-state index >= 15 is 0 Å². The van der Waals surface area contributed by atoms with Crippen molar-refractivity contribution in [3.8, 4) is 0 Å². The number of carbonyl (C=O) groups is 1. The third kappa shape index (κ3) is 3.17. The molecule has 0 amide bonds. The van der Waals surface area contributed by atoms with E-state index < -0.39 is 5.97 Å². The minimum atomic E-state index is -0.922. The Hall–Kier alpha value is -1.88. The summed E-state index contributed by atoms with van der Waals surface area (Å²) in [6.07, 6.45) is 1.79. The van der Waals surface area contributed by atoms with Gasteiger partial charge in [0.15, 0.2) is 0 Å². The lowest BCUT2D eigenvalue weighted by atomic mass is 9.93. The summed E-state index contributed by atoms with van der Waals surface area (Å²) in [4.78, 5) is 17.4. The predicted molar refractivity (Wildman–Crippen MR) is 79.0 cm³/mol. The molecular formula is C15H21N3O2. The summed E-state index contributed by atoms with van der Waals surface area (Å²) in [6.45, 7) is 6.24. The maximum absolute atomic E-state index is 11.0. The van der Waals surface area contributed by atoms with Crippen molar-refractivity contribution in [1.29, 1.82) is 0 Å². The van der Waals surface area contributed by atoms with Gasteiger partial charge in [0.2, 0.25) is 0 Å². The van der Waals surface area contributed by atoms with Crippen molar-refractivity contribution < 1.29 is 9.90 Å². The van der Waals surface area contributed by atoms with E-state index in [2.05, 4.69) is 42.4 Å². The molecule has 0 aliphatic carbocycles. The molecule has 20 heavy (non-hydrogen) atoms. The number of hydrogen-bond donors (Lipinski definition) is 1. The van der Waals surface area contributed by atoms with Crippen molar-refractivity contribution in [2.75, 3.05) is 20.6 Å². The van der Waals surface area contributed by atoms with Gasteiger partial charge in [0.05, 0.1) is 22.9 Å². The first-order chi connectivity index (χ1) is 9.28. The summed E-state index contributed by atoms with van der Waals surface area (Å²) >= 11 is 0. The van der Waals surface area contributed by atoms with E-state index in [4.69, 9.17) is 5.11 Å². The fraction of sp³-hybridized carbons (Fsp3) is 0.467. The maximum Gasteiger partial charge on any atom is 0.335 e. The molecule has 1 aromatic heterocycles. The summed E-state index contributed by atoms with van der Waals surface area (Å²) in [5.41, 5.74) is 2.09. The Labute approximate surface area is 118 Å². The zero-order valence-electron chi connectivity index (χ0n) is 12.4. The Morgan fingerprint density at radius 2 is 2.10 bits per heavy atom. The fourth-order valence-electron chi connectivity index (χ4n) is 2.69. The SMILES string of the molecule is CN(C)CC(C)(C)Cn1cnc2cc(C(=O)O)ccc21. The van der Waals surface area contributed by atoms with Crippen molar-refractivity contribution in [3.05, 3.63) is 30.1 Å². The van der Waals surface area contributed by atoms with Gasteiger partial charge in [-0.25, -0.2) is 9.78 Å². The lowest BCUT2D eigenvalue weighted by Gasteiger charge is -2.28. The third-order valence-electron chi connectivity index (χ3n) is 3.21. The highest BCUT2D eigenvalue weighted by Gasteiger charge is 2.20. The number of carboxylic acids is 1. The molecule has 108 valence electrons. The van der Waals surface area contributed by atoms with Crippen LogP contribution in [0.4, 0.5) is 0 Å². The summed E-state index contributed by atoms with van der Waals surface area (Å²) in [7, 11) is 4.12. The van der Waals surface area contributed by atoms with Crippen molar-refractivity contribution in [2.24, 2.45) is 5.41 Å². The molecule has 0 aliphatic heterocycles. The van der Waals surface area contributed by atoms with Crippen LogP contribution in [-0.2, 0) is 6.54 Å². The first kappa shape index (κ1) is 14.5. The maximum atomic E-state index is 11.0. The van der Waals surface area contributed by atoms with Gasteiger partial charge in [-0.05, 0) is 37.7 Å². The second-order valence-corrected chi connectivity index (χ2v) is 6.28. The van der Waals surface area contributed by atoms with E-state index in [1.807, 2.05) is 6.07 Å². The Morgan fingerprint density at radius 3 is 2.70 bits per heavy atom. The topological polar surface area (TPSA) is 58.4 Å². The van der Waals surface area contributed by atoms with Gasteiger partial charge in [0.1, 0.15) is 0 Å². The van der Waals surface area contributed by atoms with E-state index in [-0.39, 0.29) is 11.0 Å². The van der Waals surface area contributed by atoms with Gasteiger partial charge >= 0.3 is 5.97 Å². The van der Waals surface area contributed by atoms with Crippen LogP contribution in [0.3, 0.4) is 0 Å². The van der Waals surface area contributed by atoms with Crippen LogP contribution in [0.2, 0.25) is 0 Å². The number of fused-ring (bicyclic) bond motifs is 1. The normalized spacial score (nSPS) is 12.2. The monoisotopic (exact) mass is 275 g/mol. The Balaban J connectivity index is 2.30. The lowest BCUT2D eigenvalue weighted by Crippen LogP contribution is -2.32. The van der Waals surface area contributed by atoms with Gasteiger partial charge in [-0.15, -0.1) is 0 Å². The highest BCUT2D eigenvalue weighted by Crippen LogP contribution is 2.23. The molecule has 1 heterocycles. The number of imidazole rings is 1. The number of aromatic carboxylic acids is 1. The number of rotatable bonds is 5. The molecule has 0 fully saturated rings. The van der Waals surface area contributed by atoms with Crippen LogP contribution in [0.1, 0.15) is 24.2 Å². The second kappa shape index (κ2) is 5.25. The quantitative estimate of drug-likeness (QED) is 0.909. The number of carboxylic acid groups (broad SMARTS) is 1. The third-order valence-corrected chi connectivity index (χ3v) is 3.21. The van der Waals surface area contributed by atoms with Crippen LogP contribution in [0.5, 0.6) is 0 Å². The van der Waals surface area contributed by atoms with E-state index in [1.54, 1.807) is 18.5 Å². The largest absolute Gasteiger partial charge is 0.478 e. The number of benzene rings is 1. The van der Waals surface area contributed by atoms with Crippen molar-refractivity contribution >= 4 is 17.0 Å². The van der Waals surface area contributed by atoms with Gasteiger partial charge in [-0.1, -0.05) is 13.8 Å². The molecule has 1 aromatic carbocycles. The molecule has 0 radical (unpaired) electrons. The van der Waals surface area contributed by atoms with Crippen LogP contribution in [-0.4, -0.2) is 46.2 Å². The molecule has 0 spiro atoms. The Kier molecular flexibility index (Phi) is 3.81. The molecule has 0 unspecified atom stereocenters. The van der Waals surface area contributed by atoms with E-state index in [0.717, 1.165) is 24.1 Å². The molecule has 2 aromatic rings. The highest BCUT2D eigenvalue weighted by molar-refractivity contribution is 5.92. The van der Waals surface area contributed by atoms with E-state index in [9.17, 15) is 4.79 Å². The molecule has 2 rings (SSSR count). The summed E-state index contributed by atoms with van der Waals surface area (Å²) in [5, 5.41) is 9.00. The molecule has 5 nitrogen and oxygen atoms in total. The lowest BCUT2D eigenvalue weighted by molar-refractivity contribution is 0.0697. The van der Waals surface area contributed by atoms with E-state index in [0.29, 0.717) is 0 Å². The minimum absolute atomic E-state index is 0.114. The Bertz CT molecular complexity index is 629. The first-order valence-corrected chi connectivity index (χ1v) is 6.61. The molecule has 1 N–H and O–H groups in total. The minimum Gasteiger partial charge on any atom is -0.478 e. The molecular weight excluding hydrogens is 254 g/mol. The molecule has 0 atom stereocenters. The molecule has 0 saturated heterocycles. The molecule has 0 saturated carbocycles. The Morgan fingerprint density at radius 1 is 1.40 bits per heavy atom. The predicted octanol–water partition coefficient (Wildman–Crippen LogP) is 2.32. The fourth-order valence-corrected chi connectivity index (χ4v) is 2.69. The molecule has 0 aliphatic rings. The highest BCUT2D eigenvalue weighted by atomic mass is 16.4. The van der Waals surface area contributed by atoms with Crippen LogP contribution in [0.25, 0.3) is 11.0 Å². The van der Waals surface area contributed by atoms with Gasteiger partial charge in [-0.2, -0.15) is 0 Å². The van der Waals surface area contributed by atoms with Crippen LogP contribution in [0.15, 0.2) is 24.5 Å². The van der Waals surface area contributed by atoms with Crippen molar-refractivity contribution in [3.63, 3.8) is 0 Å². The average molecular weight is 275 g/mol. The molecule has 5 heteroatoms. The number of nitrogens with zero attached hydrogens (tertiary/aromatic N) is 3. The zero-order valence-corrected chi connectivity index (χ0v) is 12.4. The van der Waals surface area contributed by atoms with Gasteiger partial charge < -0.3 is 14.6 Å². The molecule has 0 bridgehead atoms. The number of hydrogen-bond acceptors (Lipinski definition) is 3. The number of aromatic nitrogens is 2. The average Bonchev–Trinajstić information content (AvgIpc) is 2.69. The first-order valence-electron chi connectivity index (χ1n) is 6.61. The van der Waals surface area contributed by atoms with Gasteiger partial charge in [-0.3, -0.25) is 0 Å². The van der Waals surface area contributed by atoms with Crippen molar-refractivity contribution in [1.82, 2.24) is 14.5 Å². The summed E-state index contributed by atoms with van der Waals surface area (Å²) in [5.74, 6) is -0.922. The zero-order chi connectivity index (χ0) is 14.9. The van der Waals surface area contributed by atoms with Crippen LogP contribution < -0.4 is 0 Å². The van der Waals surface area contributed by atoms with Crippen LogP contribution in [0, 0.1) is 5.41 Å². The summed E-state index contributed by atoms with van der Waals surface area (Å²) < 4.78 is 2.09. The standard InChI is InChI=1S/C15H21N3O2/c1-15(2,8-17(3)4)9-18-10-16-12-7-11(14(19)20)5-6-13(12)18/h5-7,10H,8-9H2,1-4H3,(H,19,20). The van der Waals surface area contributed by atoms with E-state index in [1.165, 1.54) is 0 Å².